The second-order valence-corrected chi connectivity index (χ2v) is 7.31. The average Bonchev–Trinajstić information content (AvgIpc) is 3.23. The van der Waals surface area contributed by atoms with Crippen LogP contribution in [-0.4, -0.2) is 42.6 Å². The summed E-state index contributed by atoms with van der Waals surface area (Å²) >= 11 is 0. The van der Waals surface area contributed by atoms with E-state index < -0.39 is 0 Å². The Morgan fingerprint density at radius 1 is 1.23 bits per heavy atom. The van der Waals surface area contributed by atoms with Gasteiger partial charge in [-0.05, 0) is 49.4 Å². The van der Waals surface area contributed by atoms with Crippen LogP contribution >= 0.6 is 0 Å². The van der Waals surface area contributed by atoms with Gasteiger partial charge in [0.15, 0.2) is 11.5 Å². The lowest BCUT2D eigenvalue weighted by Crippen LogP contribution is -2.29. The van der Waals surface area contributed by atoms with E-state index in [-0.39, 0.29) is 23.6 Å². The molecule has 1 unspecified atom stereocenters. The summed E-state index contributed by atoms with van der Waals surface area (Å²) in [5.41, 5.74) is 3.52. The number of methoxy groups -OCH3 is 1. The highest BCUT2D eigenvalue weighted by atomic mass is 16.5. The number of nitrogens with two attached hydrogens (primary N) is 1. The van der Waals surface area contributed by atoms with E-state index in [4.69, 9.17) is 15.6 Å². The summed E-state index contributed by atoms with van der Waals surface area (Å²) in [6, 6.07) is 13.2. The smallest absolute Gasteiger partial charge is 0.223 e. The summed E-state index contributed by atoms with van der Waals surface area (Å²) in [6.07, 6.45) is 4.00. The Morgan fingerprint density at radius 3 is 2.63 bits per heavy atom. The molecule has 0 radical (unpaired) electrons. The van der Waals surface area contributed by atoms with Gasteiger partial charge < -0.3 is 21.0 Å². The number of phenolic OH excluding ortho intramolecular Hbond substituents is 1. The van der Waals surface area contributed by atoms with Crippen LogP contribution in [0, 0.1) is 5.92 Å². The van der Waals surface area contributed by atoms with Crippen molar-refractivity contribution >= 4 is 17.8 Å². The van der Waals surface area contributed by atoms with Crippen LogP contribution in [0.15, 0.2) is 52.6 Å². The van der Waals surface area contributed by atoms with Crippen molar-refractivity contribution in [2.75, 3.05) is 13.7 Å². The molecule has 4 N–H and O–H groups in total. The predicted molar refractivity (Wildman–Crippen MR) is 119 cm³/mol. The Hall–Kier alpha value is -3.35. The molecule has 0 aromatic heterocycles. The number of hydrogen-bond acceptors (Lipinski definition) is 6. The molecular weight excluding hydrogens is 380 g/mol. The Bertz CT molecular complexity index is 938. The molecule has 1 aliphatic carbocycles. The van der Waals surface area contributed by atoms with Gasteiger partial charge in [0.2, 0.25) is 5.91 Å². The van der Waals surface area contributed by atoms with E-state index in [1.54, 1.807) is 18.3 Å². The van der Waals surface area contributed by atoms with Gasteiger partial charge in [0, 0.05) is 18.0 Å². The van der Waals surface area contributed by atoms with Crippen molar-refractivity contribution in [2.24, 2.45) is 21.9 Å². The maximum atomic E-state index is 12.1. The van der Waals surface area contributed by atoms with Gasteiger partial charge in [-0.25, -0.2) is 0 Å². The van der Waals surface area contributed by atoms with E-state index in [1.807, 2.05) is 37.3 Å². The number of carbonyl (C=O) groups excluding carboxylic acids is 1. The predicted octanol–water partition coefficient (Wildman–Crippen LogP) is 3.11. The van der Waals surface area contributed by atoms with Crippen LogP contribution in [0.4, 0.5) is 0 Å². The molecule has 2 atom stereocenters. The first-order valence-corrected chi connectivity index (χ1v) is 10.1. The van der Waals surface area contributed by atoms with E-state index in [1.165, 1.54) is 7.11 Å². The topological polar surface area (TPSA) is 109 Å². The molecule has 0 heterocycles. The van der Waals surface area contributed by atoms with Crippen LogP contribution in [-0.2, 0) is 4.79 Å². The fraction of sp³-hybridized carbons (Fsp3) is 0.348. The fourth-order valence-electron chi connectivity index (χ4n) is 3.77. The molecule has 7 heteroatoms. The number of hydrogen-bond donors (Lipinski definition) is 3. The van der Waals surface area contributed by atoms with E-state index in [9.17, 15) is 9.90 Å². The van der Waals surface area contributed by atoms with Crippen molar-refractivity contribution in [1.82, 2.24) is 5.32 Å². The van der Waals surface area contributed by atoms with Gasteiger partial charge in [0.1, 0.15) is 0 Å². The third-order valence-corrected chi connectivity index (χ3v) is 5.34. The van der Waals surface area contributed by atoms with E-state index in [0.29, 0.717) is 18.0 Å². The lowest BCUT2D eigenvalue weighted by Gasteiger charge is -2.10. The van der Waals surface area contributed by atoms with Gasteiger partial charge in [-0.2, -0.15) is 5.10 Å². The molecule has 2 aromatic rings. The number of benzene rings is 2. The monoisotopic (exact) mass is 408 g/mol. The van der Waals surface area contributed by atoms with E-state index >= 15 is 0 Å². The van der Waals surface area contributed by atoms with Crippen LogP contribution in [0.25, 0.3) is 11.1 Å². The first kappa shape index (κ1) is 21.4. The Labute approximate surface area is 176 Å². The number of aromatic hydroxyl groups is 1. The van der Waals surface area contributed by atoms with Gasteiger partial charge in [0.25, 0.3) is 0 Å². The van der Waals surface area contributed by atoms with Gasteiger partial charge in [-0.1, -0.05) is 30.3 Å². The lowest BCUT2D eigenvalue weighted by atomic mass is 10.0. The third kappa shape index (κ3) is 4.97. The lowest BCUT2D eigenvalue weighted by molar-refractivity contribution is -0.124. The summed E-state index contributed by atoms with van der Waals surface area (Å²) in [7, 11) is 1.52. The molecule has 3 rings (SSSR count). The highest BCUT2D eigenvalue weighted by Crippen LogP contribution is 2.32. The Morgan fingerprint density at radius 2 is 1.97 bits per heavy atom. The van der Waals surface area contributed by atoms with Crippen molar-refractivity contribution in [3.63, 3.8) is 0 Å². The molecule has 0 spiro atoms. The molecule has 0 aliphatic heterocycles. The largest absolute Gasteiger partial charge is 0.504 e. The average molecular weight is 409 g/mol. The zero-order valence-electron chi connectivity index (χ0n) is 17.3. The maximum Gasteiger partial charge on any atom is 0.223 e. The minimum atomic E-state index is 0.0154. The van der Waals surface area contributed by atoms with Crippen molar-refractivity contribution in [3.05, 3.63) is 48.0 Å². The minimum absolute atomic E-state index is 0.0154. The number of nitrogens with one attached hydrogen (secondary N) is 1. The van der Waals surface area contributed by atoms with Crippen LogP contribution in [0.3, 0.4) is 0 Å². The van der Waals surface area contributed by atoms with Gasteiger partial charge >= 0.3 is 0 Å². The van der Waals surface area contributed by atoms with Crippen molar-refractivity contribution in [2.45, 2.75) is 32.2 Å². The minimum Gasteiger partial charge on any atom is -0.504 e. The third-order valence-electron chi connectivity index (χ3n) is 5.34. The number of phenols is 1. The number of aliphatic imine (C=N–C) groups is 1. The highest BCUT2D eigenvalue weighted by molar-refractivity contribution is 6.38. The molecule has 1 fully saturated rings. The standard InChI is InChI=1S/C23H28N4O3/c1-3-25-23(29)18-8-10-19(12-18)27-20(14-26-24)16-6-4-15(5-7-16)17-9-11-21(28)22(13-17)30-2/h4-7,9,11,13-14,18-19,28H,3,8,10,12,24H2,1-2H3,(H,25,29)/t18-,19?/m0/s1. The SMILES string of the molecule is CCNC(=O)[C@H]1CCC(N=C(C=NN)c2ccc(-c3ccc(O)c(OC)c3)cc2)C1. The molecular formula is C23H28N4O3. The van der Waals surface area contributed by atoms with Crippen LogP contribution in [0.1, 0.15) is 31.7 Å². The number of ether oxygens (including phenoxy) is 1. The van der Waals surface area contributed by atoms with Crippen LogP contribution in [0.2, 0.25) is 0 Å². The summed E-state index contributed by atoms with van der Waals surface area (Å²) in [6.45, 7) is 2.57. The van der Waals surface area contributed by atoms with Crippen molar-refractivity contribution in [3.8, 4) is 22.6 Å². The second kappa shape index (κ2) is 9.91. The molecule has 0 saturated heterocycles. The first-order valence-electron chi connectivity index (χ1n) is 10.1. The summed E-state index contributed by atoms with van der Waals surface area (Å²) in [5, 5.41) is 16.3. The van der Waals surface area contributed by atoms with Gasteiger partial charge in [-0.3, -0.25) is 9.79 Å². The van der Waals surface area contributed by atoms with E-state index in [2.05, 4.69) is 10.4 Å². The molecule has 1 aliphatic rings. The molecule has 0 bridgehead atoms. The van der Waals surface area contributed by atoms with E-state index in [0.717, 1.165) is 36.0 Å². The maximum absolute atomic E-state index is 12.1. The molecule has 1 saturated carbocycles. The molecule has 7 nitrogen and oxygen atoms in total. The molecule has 2 aromatic carbocycles. The number of carbonyl (C=O) groups is 1. The second-order valence-electron chi connectivity index (χ2n) is 7.31. The first-order chi connectivity index (χ1) is 14.5. The van der Waals surface area contributed by atoms with Crippen molar-refractivity contribution in [1.29, 1.82) is 0 Å². The van der Waals surface area contributed by atoms with Crippen LogP contribution < -0.4 is 15.9 Å². The Balaban J connectivity index is 1.78. The number of hydrazone groups is 1. The van der Waals surface area contributed by atoms with Gasteiger partial charge in [-0.15, -0.1) is 0 Å². The zero-order chi connectivity index (χ0) is 21.5. The highest BCUT2D eigenvalue weighted by Gasteiger charge is 2.29. The normalized spacial score (nSPS) is 19.2. The molecule has 1 amide bonds. The summed E-state index contributed by atoms with van der Waals surface area (Å²) < 4.78 is 5.19. The quantitative estimate of drug-likeness (QED) is 0.371. The number of rotatable bonds is 7. The van der Waals surface area contributed by atoms with Crippen LogP contribution in [0.5, 0.6) is 11.5 Å². The summed E-state index contributed by atoms with van der Waals surface area (Å²) in [5.74, 6) is 6.07. The molecule has 30 heavy (non-hydrogen) atoms. The number of amides is 1. The van der Waals surface area contributed by atoms with Crippen molar-refractivity contribution < 1.29 is 14.6 Å². The zero-order valence-corrected chi connectivity index (χ0v) is 17.3. The fourth-order valence-corrected chi connectivity index (χ4v) is 3.77. The van der Waals surface area contributed by atoms with Gasteiger partial charge in [0.05, 0.1) is 25.1 Å². The summed E-state index contributed by atoms with van der Waals surface area (Å²) in [4.78, 5) is 16.9. The number of nitrogens with zero attached hydrogens (tertiary/aromatic N) is 2. The molecule has 158 valence electrons. The Kier molecular flexibility index (Phi) is 7.06.